The highest BCUT2D eigenvalue weighted by atomic mass is 16.6. The summed E-state index contributed by atoms with van der Waals surface area (Å²) in [5, 5.41) is 15.3. The smallest absolute Gasteiger partial charge is 0.294 e. The molecule has 0 saturated heterocycles. The van der Waals surface area contributed by atoms with Crippen LogP contribution in [0.5, 0.6) is 0 Å². The maximum Gasteiger partial charge on any atom is 0.294 e. The highest BCUT2D eigenvalue weighted by Crippen LogP contribution is 2.26. The monoisotopic (exact) mass is 246 g/mol. The Balaban J connectivity index is 2.56. The molecule has 0 unspecified atom stereocenters. The molecule has 0 amide bonds. The minimum absolute atomic E-state index is 0.00954. The molecule has 0 fully saturated rings. The maximum atomic E-state index is 11.0. The van der Waals surface area contributed by atoms with Crippen LogP contribution in [0.4, 0.5) is 11.4 Å². The van der Waals surface area contributed by atoms with Gasteiger partial charge in [-0.15, -0.1) is 0 Å². The molecule has 0 bridgehead atoms. The lowest BCUT2D eigenvalue weighted by atomic mass is 10.1. The minimum Gasteiger partial charge on any atom is -0.396 e. The van der Waals surface area contributed by atoms with Gasteiger partial charge in [-0.05, 0) is 12.0 Å². The molecule has 0 spiro atoms. The molecule has 1 aromatic heterocycles. The molecule has 0 atom stereocenters. The average molecular weight is 246 g/mol. The molecule has 0 aliphatic heterocycles. The lowest BCUT2D eigenvalue weighted by Gasteiger charge is -2.02. The number of nitrogens with zero attached hydrogens (tertiary/aromatic N) is 3. The van der Waals surface area contributed by atoms with Crippen molar-refractivity contribution in [3.63, 3.8) is 0 Å². The standard InChI is InChI=1S/C12H14N4O2/c1-8(2)12-9(13)7-15(14-12)10-5-3-4-6-11(10)16(17)18/h3-8H,13H2,1-2H3. The van der Waals surface area contributed by atoms with Gasteiger partial charge in [-0.2, -0.15) is 5.10 Å². The van der Waals surface area contributed by atoms with E-state index in [9.17, 15) is 10.1 Å². The number of nitrogen functional groups attached to an aromatic ring is 1. The van der Waals surface area contributed by atoms with Gasteiger partial charge in [-0.3, -0.25) is 10.1 Å². The molecule has 6 heteroatoms. The summed E-state index contributed by atoms with van der Waals surface area (Å²) in [6, 6.07) is 6.45. The van der Waals surface area contributed by atoms with E-state index in [1.165, 1.54) is 10.7 Å². The van der Waals surface area contributed by atoms with Crippen LogP contribution in [0.25, 0.3) is 5.69 Å². The van der Waals surface area contributed by atoms with E-state index in [2.05, 4.69) is 5.10 Å². The van der Waals surface area contributed by atoms with Crippen LogP contribution in [0.2, 0.25) is 0 Å². The van der Waals surface area contributed by atoms with Gasteiger partial charge in [-0.1, -0.05) is 26.0 Å². The largest absolute Gasteiger partial charge is 0.396 e. The first kappa shape index (κ1) is 12.1. The predicted octanol–water partition coefficient (Wildman–Crippen LogP) is 2.49. The van der Waals surface area contributed by atoms with E-state index in [0.29, 0.717) is 11.4 Å². The van der Waals surface area contributed by atoms with Crippen LogP contribution < -0.4 is 5.73 Å². The quantitative estimate of drug-likeness (QED) is 0.665. The molecule has 6 nitrogen and oxygen atoms in total. The van der Waals surface area contributed by atoms with E-state index in [4.69, 9.17) is 5.73 Å². The SMILES string of the molecule is CC(C)c1nn(-c2ccccc2[N+](=O)[O-])cc1N. The van der Waals surface area contributed by atoms with Crippen molar-refractivity contribution < 1.29 is 4.92 Å². The average Bonchev–Trinajstić information content (AvgIpc) is 2.71. The van der Waals surface area contributed by atoms with Gasteiger partial charge in [0.25, 0.3) is 5.69 Å². The third-order valence-corrected chi connectivity index (χ3v) is 2.64. The van der Waals surface area contributed by atoms with Gasteiger partial charge < -0.3 is 5.73 Å². The summed E-state index contributed by atoms with van der Waals surface area (Å²) in [6.07, 6.45) is 1.61. The molecule has 94 valence electrons. The second-order valence-corrected chi connectivity index (χ2v) is 4.31. The van der Waals surface area contributed by atoms with Crippen LogP contribution in [-0.4, -0.2) is 14.7 Å². The first-order chi connectivity index (χ1) is 8.50. The molecule has 0 aliphatic rings. The summed E-state index contributed by atoms with van der Waals surface area (Å²) in [6.45, 7) is 3.95. The Bertz CT molecular complexity index is 590. The van der Waals surface area contributed by atoms with Crippen LogP contribution in [-0.2, 0) is 0 Å². The molecule has 0 radical (unpaired) electrons. The van der Waals surface area contributed by atoms with Crippen molar-refractivity contribution in [2.75, 3.05) is 5.73 Å². The zero-order chi connectivity index (χ0) is 13.3. The van der Waals surface area contributed by atoms with E-state index in [0.717, 1.165) is 5.69 Å². The second-order valence-electron chi connectivity index (χ2n) is 4.31. The highest BCUT2D eigenvalue weighted by Gasteiger charge is 2.17. The van der Waals surface area contributed by atoms with Gasteiger partial charge in [0.1, 0.15) is 5.69 Å². The molecule has 2 aromatic rings. The molecular weight excluding hydrogens is 232 g/mol. The fourth-order valence-electron chi connectivity index (χ4n) is 1.79. The van der Waals surface area contributed by atoms with Crippen molar-refractivity contribution in [2.45, 2.75) is 19.8 Å². The minimum atomic E-state index is -0.428. The number of hydrogen-bond donors (Lipinski definition) is 1. The van der Waals surface area contributed by atoms with Gasteiger partial charge in [0, 0.05) is 6.07 Å². The van der Waals surface area contributed by atoms with Crippen molar-refractivity contribution in [2.24, 2.45) is 0 Å². The number of nitro benzene ring substituents is 1. The summed E-state index contributed by atoms with van der Waals surface area (Å²) in [7, 11) is 0. The molecular formula is C12H14N4O2. The maximum absolute atomic E-state index is 11.0. The fourth-order valence-corrected chi connectivity index (χ4v) is 1.79. The topological polar surface area (TPSA) is 87.0 Å². The van der Waals surface area contributed by atoms with Crippen molar-refractivity contribution >= 4 is 11.4 Å². The predicted molar refractivity (Wildman–Crippen MR) is 68.7 cm³/mol. The third kappa shape index (κ3) is 2.04. The van der Waals surface area contributed by atoms with Crippen molar-refractivity contribution in [3.8, 4) is 5.69 Å². The number of nitro groups is 1. The molecule has 2 N–H and O–H groups in total. The van der Waals surface area contributed by atoms with Crippen LogP contribution in [0, 0.1) is 10.1 Å². The summed E-state index contributed by atoms with van der Waals surface area (Å²) < 4.78 is 1.46. The van der Waals surface area contributed by atoms with Gasteiger partial charge >= 0.3 is 0 Å². The Hall–Kier alpha value is -2.37. The van der Waals surface area contributed by atoms with Gasteiger partial charge in [0.05, 0.1) is 22.5 Å². The van der Waals surface area contributed by atoms with E-state index in [1.54, 1.807) is 24.4 Å². The number of anilines is 1. The molecule has 0 aliphatic carbocycles. The van der Waals surface area contributed by atoms with Gasteiger partial charge in [0.2, 0.25) is 0 Å². The van der Waals surface area contributed by atoms with Crippen molar-refractivity contribution in [1.29, 1.82) is 0 Å². The fraction of sp³-hybridized carbons (Fsp3) is 0.250. The normalized spacial score (nSPS) is 10.8. The zero-order valence-corrected chi connectivity index (χ0v) is 10.2. The van der Waals surface area contributed by atoms with E-state index < -0.39 is 4.92 Å². The van der Waals surface area contributed by atoms with Crippen LogP contribution >= 0.6 is 0 Å². The lowest BCUT2D eigenvalue weighted by molar-refractivity contribution is -0.384. The number of aromatic nitrogens is 2. The number of nitrogens with two attached hydrogens (primary N) is 1. The molecule has 2 rings (SSSR count). The molecule has 1 heterocycles. The van der Waals surface area contributed by atoms with Gasteiger partial charge in [-0.25, -0.2) is 4.68 Å². The first-order valence-electron chi connectivity index (χ1n) is 5.59. The summed E-state index contributed by atoms with van der Waals surface area (Å²) in [5.41, 5.74) is 7.57. The number of para-hydroxylation sites is 2. The van der Waals surface area contributed by atoms with Crippen molar-refractivity contribution in [3.05, 3.63) is 46.3 Å². The Morgan fingerprint density at radius 3 is 2.61 bits per heavy atom. The zero-order valence-electron chi connectivity index (χ0n) is 10.2. The van der Waals surface area contributed by atoms with Crippen LogP contribution in [0.3, 0.4) is 0 Å². The third-order valence-electron chi connectivity index (χ3n) is 2.64. The van der Waals surface area contributed by atoms with E-state index in [1.807, 2.05) is 13.8 Å². The van der Waals surface area contributed by atoms with E-state index >= 15 is 0 Å². The summed E-state index contributed by atoms with van der Waals surface area (Å²) in [5.74, 6) is 0.175. The highest BCUT2D eigenvalue weighted by molar-refractivity contribution is 5.54. The Kier molecular flexibility index (Phi) is 3.01. The van der Waals surface area contributed by atoms with Crippen molar-refractivity contribution in [1.82, 2.24) is 9.78 Å². The molecule has 0 saturated carbocycles. The number of benzene rings is 1. The Labute approximate surface area is 104 Å². The van der Waals surface area contributed by atoms with Gasteiger partial charge in [0.15, 0.2) is 0 Å². The molecule has 1 aromatic carbocycles. The summed E-state index contributed by atoms with van der Waals surface area (Å²) >= 11 is 0. The summed E-state index contributed by atoms with van der Waals surface area (Å²) in [4.78, 5) is 10.5. The second kappa shape index (κ2) is 4.48. The molecule has 18 heavy (non-hydrogen) atoms. The van der Waals surface area contributed by atoms with E-state index in [-0.39, 0.29) is 11.6 Å². The van der Waals surface area contributed by atoms with Crippen LogP contribution in [0.15, 0.2) is 30.5 Å². The number of rotatable bonds is 3. The first-order valence-corrected chi connectivity index (χ1v) is 5.59. The Morgan fingerprint density at radius 2 is 2.06 bits per heavy atom. The van der Waals surface area contributed by atoms with Crippen LogP contribution in [0.1, 0.15) is 25.5 Å². The Morgan fingerprint density at radius 1 is 1.39 bits per heavy atom. The lowest BCUT2D eigenvalue weighted by Crippen LogP contribution is -2.01. The number of hydrogen-bond acceptors (Lipinski definition) is 4.